The molecule has 0 aliphatic rings. The molecule has 16 aromatic carbocycles. The van der Waals surface area contributed by atoms with Crippen molar-refractivity contribution in [3.8, 4) is 0 Å². The van der Waals surface area contributed by atoms with Gasteiger partial charge in [0, 0.05) is 33.5 Å². The summed E-state index contributed by atoms with van der Waals surface area (Å²) in [5, 5.41) is 22.8. The van der Waals surface area contributed by atoms with Crippen LogP contribution in [-0.4, -0.2) is 16.1 Å². The molecule has 460 valence electrons. The fourth-order valence-electron chi connectivity index (χ4n) is 15.5. The monoisotopic (exact) mass is 1260 g/mol. The topological polar surface area (TPSA) is 6.48 Å². The zero-order valence-corrected chi connectivity index (χ0v) is 56.7. The fraction of sp³-hybridized carbons (Fsp3) is 0.0652. The molecular weight excluding hydrogens is 1190 g/mol. The van der Waals surface area contributed by atoms with E-state index in [1.807, 2.05) is 0 Å². The first kappa shape index (κ1) is 59.8. The van der Waals surface area contributed by atoms with E-state index in [-0.39, 0.29) is 0 Å². The van der Waals surface area contributed by atoms with Crippen molar-refractivity contribution in [3.05, 3.63) is 375 Å². The van der Waals surface area contributed by atoms with Crippen LogP contribution in [-0.2, 0) is 0 Å². The molecule has 0 heterocycles. The van der Waals surface area contributed by atoms with Gasteiger partial charge < -0.3 is 9.80 Å². The quantitative estimate of drug-likeness (QED) is 0.0540. The smallest absolute Gasteiger partial charge is 0.179 e. The predicted octanol–water partition coefficient (Wildman–Crippen LogP) is 19.4. The van der Waals surface area contributed by atoms with Crippen molar-refractivity contribution < 1.29 is 0 Å². The Bertz CT molecular complexity index is 4910. The van der Waals surface area contributed by atoms with Crippen LogP contribution in [0.25, 0.3) is 53.9 Å². The number of fused-ring (bicyclic) bond motifs is 7. The normalized spacial score (nSPS) is 11.9. The van der Waals surface area contributed by atoms with Crippen LogP contribution in [0, 0.1) is 0 Å². The molecule has 0 radical (unpaired) electrons. The number of anilines is 6. The molecule has 0 atom stereocenters. The van der Waals surface area contributed by atoms with Crippen molar-refractivity contribution in [1.29, 1.82) is 0 Å². The highest BCUT2D eigenvalue weighted by atomic mass is 28.3. The van der Waals surface area contributed by atoms with Crippen molar-refractivity contribution in [2.45, 2.75) is 39.5 Å². The van der Waals surface area contributed by atoms with Gasteiger partial charge in [-0.1, -0.05) is 331 Å². The van der Waals surface area contributed by atoms with E-state index >= 15 is 0 Å². The van der Waals surface area contributed by atoms with E-state index < -0.39 is 16.1 Å². The molecule has 16 aromatic rings. The second-order valence-corrected chi connectivity index (χ2v) is 33.9. The van der Waals surface area contributed by atoms with Gasteiger partial charge in [-0.25, -0.2) is 0 Å². The summed E-state index contributed by atoms with van der Waals surface area (Å²) in [6.07, 6.45) is 0. The van der Waals surface area contributed by atoms with Gasteiger partial charge in [-0.05, 0) is 168 Å². The zero-order valence-electron chi connectivity index (χ0n) is 54.7. The molecule has 0 saturated heterocycles. The summed E-state index contributed by atoms with van der Waals surface area (Å²) in [6, 6.07) is 138. The van der Waals surface area contributed by atoms with Crippen molar-refractivity contribution in [2.24, 2.45) is 0 Å². The van der Waals surface area contributed by atoms with Crippen LogP contribution in [0.3, 0.4) is 0 Å². The molecule has 0 unspecified atom stereocenters. The molecule has 0 aliphatic carbocycles. The zero-order chi connectivity index (χ0) is 64.7. The van der Waals surface area contributed by atoms with Crippen molar-refractivity contribution in [1.82, 2.24) is 0 Å². The van der Waals surface area contributed by atoms with Gasteiger partial charge in [0.2, 0.25) is 0 Å². The first-order chi connectivity index (χ1) is 47.2. The van der Waals surface area contributed by atoms with Crippen LogP contribution in [0.2, 0.25) is 0 Å². The van der Waals surface area contributed by atoms with E-state index in [0.29, 0.717) is 11.8 Å². The maximum absolute atomic E-state index is 2.85. The average molecular weight is 1260 g/mol. The van der Waals surface area contributed by atoms with E-state index in [4.69, 9.17) is 0 Å². The summed E-state index contributed by atoms with van der Waals surface area (Å²) in [6.45, 7) is 9.30. The SMILES string of the molecule is CC(C)c1ccc2c(N(c3ccc([Si](c4ccccc4)(c4ccccc4)c4ccccc4)cc3)c3ccc4ccccc4c3)cc3c4cc(C(C)C)ccc4c(N(c4ccc([Si](c5ccccc5)(c5ccccc5)c5ccccc5)cc4)c4ccc5ccccc5c4)cc3c2c1. The van der Waals surface area contributed by atoms with Crippen LogP contribution >= 0.6 is 0 Å². The van der Waals surface area contributed by atoms with E-state index in [1.54, 1.807) is 0 Å². The number of nitrogens with zero attached hydrogens (tertiary/aromatic N) is 2. The van der Waals surface area contributed by atoms with Gasteiger partial charge >= 0.3 is 0 Å². The second-order valence-electron chi connectivity index (χ2n) is 26.3. The Hall–Kier alpha value is -11.1. The van der Waals surface area contributed by atoms with Crippen LogP contribution < -0.4 is 51.3 Å². The fourth-order valence-corrected chi connectivity index (χ4v) is 25.0. The van der Waals surface area contributed by atoms with Crippen LogP contribution in [0.15, 0.2) is 364 Å². The Morgan fingerprint density at radius 3 is 0.740 bits per heavy atom. The molecule has 0 aliphatic heterocycles. The van der Waals surface area contributed by atoms with Crippen LogP contribution in [0.5, 0.6) is 0 Å². The third-order valence-corrected chi connectivity index (χ3v) is 29.8. The highest BCUT2D eigenvalue weighted by molar-refractivity contribution is 7.20. The highest BCUT2D eigenvalue weighted by Gasteiger charge is 2.43. The summed E-state index contributed by atoms with van der Waals surface area (Å²) in [5.41, 5.74) is 9.23. The summed E-state index contributed by atoms with van der Waals surface area (Å²) in [7, 11) is -5.69. The van der Waals surface area contributed by atoms with Gasteiger partial charge in [0.1, 0.15) is 0 Å². The number of rotatable bonds is 16. The van der Waals surface area contributed by atoms with Gasteiger partial charge in [-0.15, -0.1) is 0 Å². The molecule has 0 N–H and O–H groups in total. The number of benzene rings is 16. The lowest BCUT2D eigenvalue weighted by molar-refractivity contribution is 0.868. The molecule has 96 heavy (non-hydrogen) atoms. The minimum absolute atomic E-state index is 0.291. The van der Waals surface area contributed by atoms with Crippen molar-refractivity contribution in [3.63, 3.8) is 0 Å². The molecule has 0 bridgehead atoms. The third kappa shape index (κ3) is 10.4. The first-order valence-corrected chi connectivity index (χ1v) is 37.8. The second kappa shape index (κ2) is 25.3. The lowest BCUT2D eigenvalue weighted by Crippen LogP contribution is -2.74. The molecule has 2 nitrogen and oxygen atoms in total. The molecule has 4 heteroatoms. The summed E-state index contributed by atoms with van der Waals surface area (Å²) < 4.78 is 0. The lowest BCUT2D eigenvalue weighted by atomic mass is 9.89. The molecule has 0 spiro atoms. The van der Waals surface area contributed by atoms with Crippen LogP contribution in [0.4, 0.5) is 34.1 Å². The summed E-state index contributed by atoms with van der Waals surface area (Å²) in [5.74, 6) is 0.581. The molecule has 0 saturated carbocycles. The minimum Gasteiger partial charge on any atom is -0.310 e. The third-order valence-electron chi connectivity index (χ3n) is 20.2. The Morgan fingerprint density at radius 2 is 0.448 bits per heavy atom. The van der Waals surface area contributed by atoms with Gasteiger partial charge in [0.15, 0.2) is 16.1 Å². The van der Waals surface area contributed by atoms with Gasteiger partial charge in [-0.2, -0.15) is 0 Å². The molecule has 16 rings (SSSR count). The lowest BCUT2D eigenvalue weighted by Gasteiger charge is -2.35. The van der Waals surface area contributed by atoms with Crippen LogP contribution in [0.1, 0.15) is 50.7 Å². The maximum atomic E-state index is 2.54. The standard InChI is InChI=1S/C92H74N2Si2/c1-65(2)69-45-57-85-87(61-69)89-63-92(94(76-48-44-68-28-24-26-30-72(68)60-76)74-51-55-84(56-52-74)96(80-37-17-8-18-38-80,81-39-19-9-20-40-81)82-41-21-10-22-42-82)86-58-46-70(66(3)4)62-88(86)90(89)64-91(85)93(75-47-43-67-27-23-25-29-71(67)59-75)73-49-53-83(54-50-73)95(77-31-11-5-12-32-77,78-33-13-6-14-34-78)79-35-15-7-16-36-79/h5-66H,1-4H3. The van der Waals surface area contributed by atoms with E-state index in [0.717, 1.165) is 34.1 Å². The minimum atomic E-state index is -2.85. The first-order valence-electron chi connectivity index (χ1n) is 33.8. The van der Waals surface area contributed by atoms with E-state index in [2.05, 4.69) is 401 Å². The predicted molar refractivity (Wildman–Crippen MR) is 419 cm³/mol. The van der Waals surface area contributed by atoms with E-state index in [9.17, 15) is 0 Å². The average Bonchev–Trinajstić information content (AvgIpc) is 0.732. The number of hydrogen-bond donors (Lipinski definition) is 0. The Kier molecular flexibility index (Phi) is 15.8. The Balaban J connectivity index is 0.957. The molecule has 0 fully saturated rings. The maximum Gasteiger partial charge on any atom is 0.179 e. The molecule has 0 aromatic heterocycles. The number of hydrogen-bond acceptors (Lipinski definition) is 2. The van der Waals surface area contributed by atoms with Gasteiger partial charge in [0.25, 0.3) is 0 Å². The van der Waals surface area contributed by atoms with Crippen molar-refractivity contribution >= 4 is 146 Å². The molecule has 0 amide bonds. The summed E-state index contributed by atoms with van der Waals surface area (Å²) >= 11 is 0. The van der Waals surface area contributed by atoms with Crippen molar-refractivity contribution in [2.75, 3.05) is 9.80 Å². The van der Waals surface area contributed by atoms with E-state index in [1.165, 1.54) is 106 Å². The van der Waals surface area contributed by atoms with Gasteiger partial charge in [-0.3, -0.25) is 0 Å². The molecular formula is C92H74N2Si2. The Labute approximate surface area is 566 Å². The summed E-state index contributed by atoms with van der Waals surface area (Å²) in [4.78, 5) is 5.09. The van der Waals surface area contributed by atoms with Gasteiger partial charge in [0.05, 0.1) is 11.4 Å². The highest BCUT2D eigenvalue weighted by Crippen LogP contribution is 2.49. The largest absolute Gasteiger partial charge is 0.310 e. The Morgan fingerprint density at radius 1 is 0.198 bits per heavy atom.